The molecule has 26 heavy (non-hydrogen) atoms. The normalized spacial score (nSPS) is 18.7. The third-order valence-electron chi connectivity index (χ3n) is 4.41. The van der Waals surface area contributed by atoms with Gasteiger partial charge in [-0.25, -0.2) is 14.0 Å². The van der Waals surface area contributed by atoms with Crippen LogP contribution in [0, 0.1) is 3.57 Å². The molecule has 2 aromatic rings. The number of hydrogen-bond acceptors (Lipinski definition) is 5. The molecule has 136 valence electrons. The number of pyridine rings is 1. The van der Waals surface area contributed by atoms with E-state index in [1.807, 2.05) is 23.1 Å². The first-order valence-corrected chi connectivity index (χ1v) is 10.8. The molecule has 9 heteroatoms. The molecule has 1 aliphatic heterocycles. The summed E-state index contributed by atoms with van der Waals surface area (Å²) in [6.45, 7) is 0.398. The molecule has 1 aromatic heterocycles. The number of carbonyl (C=O) groups is 1. The Kier molecular flexibility index (Phi) is 4.51. The maximum atomic E-state index is 12.0. The molecule has 0 spiro atoms. The van der Waals surface area contributed by atoms with E-state index in [0.29, 0.717) is 18.2 Å². The van der Waals surface area contributed by atoms with E-state index in [-0.39, 0.29) is 6.54 Å². The number of halogens is 1. The largest absolute Gasteiger partial charge is 0.366 e. The van der Waals surface area contributed by atoms with Gasteiger partial charge in [0.25, 0.3) is 5.91 Å². The molecule has 0 unspecified atom stereocenters. The SMILES string of the molecule is O=C1CN(c2ccc(CNc3cc(C4CC4)ccn3)cc2I)S(=O)(=O)N1. The van der Waals surface area contributed by atoms with Crippen LogP contribution in [0.4, 0.5) is 11.5 Å². The van der Waals surface area contributed by atoms with Crippen molar-refractivity contribution < 1.29 is 13.2 Å². The second kappa shape index (κ2) is 6.69. The van der Waals surface area contributed by atoms with Crippen LogP contribution >= 0.6 is 22.6 Å². The van der Waals surface area contributed by atoms with Crippen LogP contribution in [0.3, 0.4) is 0 Å². The summed E-state index contributed by atoms with van der Waals surface area (Å²) < 4.78 is 27.8. The van der Waals surface area contributed by atoms with Gasteiger partial charge in [0.1, 0.15) is 12.4 Å². The molecule has 4 rings (SSSR count). The summed E-state index contributed by atoms with van der Waals surface area (Å²) in [7, 11) is -3.78. The molecular weight excluding hydrogens is 467 g/mol. The smallest absolute Gasteiger partial charge is 0.326 e. The van der Waals surface area contributed by atoms with Crippen molar-refractivity contribution in [2.45, 2.75) is 25.3 Å². The predicted octanol–water partition coefficient (Wildman–Crippen LogP) is 2.36. The Labute approximate surface area is 165 Å². The molecule has 1 saturated carbocycles. The molecule has 1 saturated heterocycles. The second-order valence-electron chi connectivity index (χ2n) is 6.42. The van der Waals surface area contributed by atoms with Gasteiger partial charge in [-0.15, -0.1) is 0 Å². The monoisotopic (exact) mass is 484 g/mol. The number of benzene rings is 1. The van der Waals surface area contributed by atoms with Crippen LogP contribution in [0.5, 0.6) is 0 Å². The fraction of sp³-hybridized carbons (Fsp3) is 0.294. The topological polar surface area (TPSA) is 91.4 Å². The first-order valence-electron chi connectivity index (χ1n) is 8.24. The summed E-state index contributed by atoms with van der Waals surface area (Å²) in [5.41, 5.74) is 2.83. The number of nitrogens with zero attached hydrogens (tertiary/aromatic N) is 2. The number of amides is 1. The van der Waals surface area contributed by atoms with Crippen LogP contribution in [0.1, 0.15) is 29.9 Å². The third-order valence-corrected chi connectivity index (χ3v) is 6.66. The molecule has 1 aromatic carbocycles. The highest BCUT2D eigenvalue weighted by molar-refractivity contribution is 14.1. The van der Waals surface area contributed by atoms with Gasteiger partial charge >= 0.3 is 10.2 Å². The minimum atomic E-state index is -3.78. The van der Waals surface area contributed by atoms with Crippen molar-refractivity contribution in [1.82, 2.24) is 9.71 Å². The second-order valence-corrected chi connectivity index (χ2v) is 9.18. The first kappa shape index (κ1) is 17.5. The Morgan fingerprint density at radius 2 is 2.08 bits per heavy atom. The molecule has 2 aliphatic rings. The molecule has 0 bridgehead atoms. The minimum absolute atomic E-state index is 0.187. The molecule has 1 aliphatic carbocycles. The van der Waals surface area contributed by atoms with E-state index < -0.39 is 16.1 Å². The van der Waals surface area contributed by atoms with Crippen molar-refractivity contribution in [2.75, 3.05) is 16.2 Å². The van der Waals surface area contributed by atoms with Gasteiger partial charge < -0.3 is 5.32 Å². The number of rotatable bonds is 5. The zero-order valence-electron chi connectivity index (χ0n) is 13.8. The lowest BCUT2D eigenvalue weighted by Gasteiger charge is -2.17. The maximum Gasteiger partial charge on any atom is 0.326 e. The lowest BCUT2D eigenvalue weighted by atomic mass is 10.1. The van der Waals surface area contributed by atoms with Gasteiger partial charge in [-0.05, 0) is 76.7 Å². The Bertz CT molecular complexity index is 976. The van der Waals surface area contributed by atoms with E-state index in [9.17, 15) is 13.2 Å². The Balaban J connectivity index is 1.48. The van der Waals surface area contributed by atoms with Crippen LogP contribution in [0.15, 0.2) is 36.5 Å². The van der Waals surface area contributed by atoms with Crippen LogP contribution in [0.25, 0.3) is 0 Å². The van der Waals surface area contributed by atoms with Gasteiger partial charge in [-0.3, -0.25) is 4.79 Å². The molecule has 7 nitrogen and oxygen atoms in total. The van der Waals surface area contributed by atoms with Crippen molar-refractivity contribution in [2.24, 2.45) is 0 Å². The third kappa shape index (κ3) is 3.63. The van der Waals surface area contributed by atoms with Crippen LogP contribution in [0.2, 0.25) is 0 Å². The standard InChI is InChI=1S/C17H17IN4O3S/c18-14-7-11(1-4-15(14)22-10-17(23)21-26(22,24)25)9-20-16-8-13(5-6-19-16)12-2-3-12/h1,4-8,12H,2-3,9-10H2,(H,19,20)(H,21,23). The molecule has 0 atom stereocenters. The zero-order chi connectivity index (χ0) is 18.3. The van der Waals surface area contributed by atoms with Gasteiger partial charge in [0.05, 0.1) is 5.69 Å². The fourth-order valence-corrected chi connectivity index (χ4v) is 5.13. The number of hydrogen-bond donors (Lipinski definition) is 2. The predicted molar refractivity (Wildman–Crippen MR) is 107 cm³/mol. The summed E-state index contributed by atoms with van der Waals surface area (Å²) in [6, 6.07) is 9.64. The number of aromatic nitrogens is 1. The van der Waals surface area contributed by atoms with E-state index >= 15 is 0 Å². The average Bonchev–Trinajstić information content (AvgIpc) is 3.39. The highest BCUT2D eigenvalue weighted by Crippen LogP contribution is 2.40. The van der Waals surface area contributed by atoms with Gasteiger partial charge in [0.2, 0.25) is 0 Å². The summed E-state index contributed by atoms with van der Waals surface area (Å²) in [5.74, 6) is 0.996. The van der Waals surface area contributed by atoms with E-state index in [1.165, 1.54) is 18.4 Å². The van der Waals surface area contributed by atoms with Crippen molar-refractivity contribution in [3.8, 4) is 0 Å². The van der Waals surface area contributed by atoms with Crippen molar-refractivity contribution in [3.05, 3.63) is 51.2 Å². The Morgan fingerprint density at radius 1 is 1.27 bits per heavy atom. The minimum Gasteiger partial charge on any atom is -0.366 e. The van der Waals surface area contributed by atoms with Crippen molar-refractivity contribution in [3.63, 3.8) is 0 Å². The van der Waals surface area contributed by atoms with Crippen molar-refractivity contribution in [1.29, 1.82) is 0 Å². The van der Waals surface area contributed by atoms with E-state index in [1.54, 1.807) is 6.07 Å². The highest BCUT2D eigenvalue weighted by Gasteiger charge is 2.34. The molecule has 2 heterocycles. The van der Waals surface area contributed by atoms with Crippen LogP contribution < -0.4 is 14.3 Å². The molecule has 0 radical (unpaired) electrons. The molecule has 2 N–H and O–H groups in total. The molecule has 1 amide bonds. The summed E-state index contributed by atoms with van der Waals surface area (Å²) >= 11 is 2.09. The highest BCUT2D eigenvalue weighted by atomic mass is 127. The van der Waals surface area contributed by atoms with Crippen LogP contribution in [-0.4, -0.2) is 25.9 Å². The zero-order valence-corrected chi connectivity index (χ0v) is 16.7. The number of nitrogens with one attached hydrogen (secondary N) is 2. The van der Waals surface area contributed by atoms with Gasteiger partial charge in [-0.1, -0.05) is 6.07 Å². The first-order chi connectivity index (χ1) is 12.4. The van der Waals surface area contributed by atoms with Gasteiger partial charge in [0, 0.05) is 16.3 Å². The fourth-order valence-electron chi connectivity index (χ4n) is 2.93. The van der Waals surface area contributed by atoms with Crippen molar-refractivity contribution >= 4 is 50.2 Å². The summed E-state index contributed by atoms with van der Waals surface area (Å²) in [6.07, 6.45) is 4.32. The van der Waals surface area contributed by atoms with E-state index in [0.717, 1.165) is 19.3 Å². The quantitative estimate of drug-likeness (QED) is 0.637. The van der Waals surface area contributed by atoms with E-state index in [2.05, 4.69) is 45.0 Å². The van der Waals surface area contributed by atoms with Gasteiger partial charge in [0.15, 0.2) is 0 Å². The number of anilines is 2. The Hall–Kier alpha value is -1.88. The maximum absolute atomic E-state index is 12.0. The Morgan fingerprint density at radius 3 is 2.73 bits per heavy atom. The summed E-state index contributed by atoms with van der Waals surface area (Å²) in [5, 5.41) is 3.31. The molecule has 2 fully saturated rings. The number of carbonyl (C=O) groups excluding carboxylic acids is 1. The molecular formula is C17H17IN4O3S. The van der Waals surface area contributed by atoms with Gasteiger partial charge in [-0.2, -0.15) is 8.42 Å². The van der Waals surface area contributed by atoms with E-state index in [4.69, 9.17) is 0 Å². The lowest BCUT2D eigenvalue weighted by molar-refractivity contribution is -0.117. The average molecular weight is 484 g/mol. The van der Waals surface area contributed by atoms with Crippen LogP contribution in [-0.2, 0) is 21.5 Å². The lowest BCUT2D eigenvalue weighted by Crippen LogP contribution is -2.30. The summed E-state index contributed by atoms with van der Waals surface area (Å²) in [4.78, 5) is 15.8.